The Morgan fingerprint density at radius 3 is 2.79 bits per heavy atom. The van der Waals surface area contributed by atoms with Crippen molar-refractivity contribution in [2.75, 3.05) is 13.1 Å². The Bertz CT molecular complexity index is 870. The summed E-state index contributed by atoms with van der Waals surface area (Å²) in [5.41, 5.74) is 3.50. The monoisotopic (exact) mass is 315 g/mol. The van der Waals surface area contributed by atoms with E-state index in [1.807, 2.05) is 18.3 Å². The van der Waals surface area contributed by atoms with Gasteiger partial charge in [-0.1, -0.05) is 36.3 Å². The van der Waals surface area contributed by atoms with Gasteiger partial charge in [0.15, 0.2) is 0 Å². The average molecular weight is 315 g/mol. The number of fused-ring (bicyclic) bond motifs is 1. The standard InChI is InChI=1S/C21H21N3/c1-2-17-9-11-18(12-10-17)15-23-13-5-7-20(16-23)24-21-8-4-3-6-19(21)14-22-24/h1,3-4,6,8-12,14,20H,5,7,13,15-16H2/t20-/m0/s1. The largest absolute Gasteiger partial charge is 0.297 e. The second-order valence-corrected chi connectivity index (χ2v) is 6.52. The third-order valence-electron chi connectivity index (χ3n) is 4.86. The van der Waals surface area contributed by atoms with Crippen LogP contribution in [0.15, 0.2) is 54.7 Å². The van der Waals surface area contributed by atoms with Crippen LogP contribution in [0.1, 0.15) is 30.0 Å². The van der Waals surface area contributed by atoms with Crippen LogP contribution >= 0.6 is 0 Å². The predicted molar refractivity (Wildman–Crippen MR) is 97.7 cm³/mol. The Balaban J connectivity index is 1.50. The SMILES string of the molecule is C#Cc1ccc(CN2CCC[C@H](n3ncc4ccccc43)C2)cc1. The molecule has 0 unspecified atom stereocenters. The summed E-state index contributed by atoms with van der Waals surface area (Å²) in [6.45, 7) is 3.16. The molecule has 0 aliphatic carbocycles. The second kappa shape index (κ2) is 6.51. The van der Waals surface area contributed by atoms with Gasteiger partial charge in [0.25, 0.3) is 0 Å². The van der Waals surface area contributed by atoms with Crippen molar-refractivity contribution in [3.05, 3.63) is 65.9 Å². The van der Waals surface area contributed by atoms with Gasteiger partial charge in [-0.15, -0.1) is 6.42 Å². The Morgan fingerprint density at radius 1 is 1.12 bits per heavy atom. The van der Waals surface area contributed by atoms with Gasteiger partial charge in [-0.2, -0.15) is 5.10 Å². The molecule has 0 spiro atoms. The maximum Gasteiger partial charge on any atom is 0.0686 e. The van der Waals surface area contributed by atoms with Crippen LogP contribution in [0.4, 0.5) is 0 Å². The van der Waals surface area contributed by atoms with Crippen LogP contribution in [0.5, 0.6) is 0 Å². The van der Waals surface area contributed by atoms with Gasteiger partial charge in [0.05, 0.1) is 17.8 Å². The van der Waals surface area contributed by atoms with E-state index in [1.165, 1.54) is 29.3 Å². The molecule has 2 heterocycles. The van der Waals surface area contributed by atoms with Crippen LogP contribution in [-0.2, 0) is 6.54 Å². The predicted octanol–water partition coefficient (Wildman–Crippen LogP) is 3.85. The Labute approximate surface area is 142 Å². The Hall–Kier alpha value is -2.57. The highest BCUT2D eigenvalue weighted by molar-refractivity contribution is 5.78. The molecule has 3 aromatic rings. The molecule has 1 saturated heterocycles. The third kappa shape index (κ3) is 2.93. The van der Waals surface area contributed by atoms with Gasteiger partial charge in [-0.3, -0.25) is 9.58 Å². The van der Waals surface area contributed by atoms with Crippen molar-refractivity contribution in [3.8, 4) is 12.3 Å². The summed E-state index contributed by atoms with van der Waals surface area (Å²) in [5, 5.41) is 5.87. The summed E-state index contributed by atoms with van der Waals surface area (Å²) < 4.78 is 2.21. The molecule has 3 heteroatoms. The minimum atomic E-state index is 0.448. The molecule has 0 saturated carbocycles. The highest BCUT2D eigenvalue weighted by Crippen LogP contribution is 2.26. The average Bonchev–Trinajstić information content (AvgIpc) is 3.07. The van der Waals surface area contributed by atoms with E-state index in [2.05, 4.69) is 57.0 Å². The van der Waals surface area contributed by atoms with E-state index in [0.29, 0.717) is 6.04 Å². The summed E-state index contributed by atoms with van der Waals surface area (Å²) in [4.78, 5) is 2.52. The van der Waals surface area contributed by atoms with Crippen molar-refractivity contribution in [2.24, 2.45) is 0 Å². The van der Waals surface area contributed by atoms with Gasteiger partial charge >= 0.3 is 0 Å². The Kier molecular flexibility index (Phi) is 4.06. The number of likely N-dealkylation sites (tertiary alicyclic amines) is 1. The molecular weight excluding hydrogens is 294 g/mol. The van der Waals surface area contributed by atoms with Gasteiger partial charge in [-0.25, -0.2) is 0 Å². The highest BCUT2D eigenvalue weighted by atomic mass is 15.3. The van der Waals surface area contributed by atoms with Crippen LogP contribution in [0.3, 0.4) is 0 Å². The molecule has 3 nitrogen and oxygen atoms in total. The molecule has 120 valence electrons. The summed E-state index contributed by atoms with van der Waals surface area (Å²) >= 11 is 0. The smallest absolute Gasteiger partial charge is 0.0686 e. The van der Waals surface area contributed by atoms with E-state index in [4.69, 9.17) is 6.42 Å². The maximum absolute atomic E-state index is 5.43. The quantitative estimate of drug-likeness (QED) is 0.685. The van der Waals surface area contributed by atoms with Gasteiger partial charge < -0.3 is 0 Å². The minimum Gasteiger partial charge on any atom is -0.297 e. The number of terminal acetylenes is 1. The third-order valence-corrected chi connectivity index (χ3v) is 4.86. The lowest BCUT2D eigenvalue weighted by Crippen LogP contribution is -2.36. The molecule has 1 aromatic heterocycles. The lowest BCUT2D eigenvalue weighted by molar-refractivity contribution is 0.165. The fourth-order valence-electron chi connectivity index (χ4n) is 3.62. The lowest BCUT2D eigenvalue weighted by atomic mass is 10.0. The number of hydrogen-bond donors (Lipinski definition) is 0. The van der Waals surface area contributed by atoms with Crippen LogP contribution in [0, 0.1) is 12.3 Å². The molecule has 0 radical (unpaired) electrons. The van der Waals surface area contributed by atoms with E-state index in [1.54, 1.807) is 0 Å². The van der Waals surface area contributed by atoms with Gasteiger partial charge in [-0.05, 0) is 43.1 Å². The van der Waals surface area contributed by atoms with Crippen LogP contribution in [0.2, 0.25) is 0 Å². The summed E-state index contributed by atoms with van der Waals surface area (Å²) in [6.07, 6.45) is 9.81. The van der Waals surface area contributed by atoms with E-state index in [0.717, 1.165) is 25.2 Å². The minimum absolute atomic E-state index is 0.448. The Morgan fingerprint density at radius 2 is 1.96 bits per heavy atom. The number of nitrogens with zero attached hydrogens (tertiary/aromatic N) is 3. The number of piperidine rings is 1. The fraction of sp³-hybridized carbons (Fsp3) is 0.286. The molecule has 24 heavy (non-hydrogen) atoms. The number of para-hydroxylation sites is 1. The maximum atomic E-state index is 5.43. The molecular formula is C21H21N3. The van der Waals surface area contributed by atoms with Crippen molar-refractivity contribution in [3.63, 3.8) is 0 Å². The van der Waals surface area contributed by atoms with Gasteiger partial charge in [0, 0.05) is 24.0 Å². The van der Waals surface area contributed by atoms with E-state index in [9.17, 15) is 0 Å². The zero-order valence-corrected chi connectivity index (χ0v) is 13.7. The topological polar surface area (TPSA) is 21.1 Å². The first-order valence-electron chi connectivity index (χ1n) is 8.53. The van der Waals surface area contributed by atoms with Crippen LogP contribution in [-0.4, -0.2) is 27.8 Å². The first-order chi connectivity index (χ1) is 11.8. The second-order valence-electron chi connectivity index (χ2n) is 6.52. The van der Waals surface area contributed by atoms with Crippen molar-refractivity contribution < 1.29 is 0 Å². The van der Waals surface area contributed by atoms with Crippen LogP contribution < -0.4 is 0 Å². The molecule has 0 N–H and O–H groups in total. The molecule has 1 aliphatic heterocycles. The zero-order chi connectivity index (χ0) is 16.4. The fourth-order valence-corrected chi connectivity index (χ4v) is 3.62. The summed E-state index contributed by atoms with van der Waals surface area (Å²) in [7, 11) is 0. The van der Waals surface area contributed by atoms with E-state index < -0.39 is 0 Å². The first kappa shape index (κ1) is 15.0. The molecule has 1 aliphatic rings. The number of benzene rings is 2. The molecule has 4 rings (SSSR count). The molecule has 1 atom stereocenters. The molecule has 0 bridgehead atoms. The number of aromatic nitrogens is 2. The van der Waals surface area contributed by atoms with Gasteiger partial charge in [0.2, 0.25) is 0 Å². The summed E-state index contributed by atoms with van der Waals surface area (Å²) in [6, 6.07) is 17.2. The van der Waals surface area contributed by atoms with Gasteiger partial charge in [0.1, 0.15) is 0 Å². The van der Waals surface area contributed by atoms with E-state index in [-0.39, 0.29) is 0 Å². The van der Waals surface area contributed by atoms with Crippen molar-refractivity contribution in [1.82, 2.24) is 14.7 Å². The van der Waals surface area contributed by atoms with Crippen molar-refractivity contribution in [1.29, 1.82) is 0 Å². The van der Waals surface area contributed by atoms with Crippen molar-refractivity contribution in [2.45, 2.75) is 25.4 Å². The number of rotatable bonds is 3. The molecule has 1 fully saturated rings. The zero-order valence-electron chi connectivity index (χ0n) is 13.7. The first-order valence-corrected chi connectivity index (χ1v) is 8.53. The van der Waals surface area contributed by atoms with E-state index >= 15 is 0 Å². The van der Waals surface area contributed by atoms with Crippen LogP contribution in [0.25, 0.3) is 10.9 Å². The van der Waals surface area contributed by atoms with Crippen molar-refractivity contribution >= 4 is 10.9 Å². The molecule has 2 aromatic carbocycles. The normalized spacial score (nSPS) is 18.5. The summed E-state index contributed by atoms with van der Waals surface area (Å²) in [5.74, 6) is 2.68. The molecule has 0 amide bonds. The number of hydrogen-bond acceptors (Lipinski definition) is 2. The highest BCUT2D eigenvalue weighted by Gasteiger charge is 2.23. The lowest BCUT2D eigenvalue weighted by Gasteiger charge is -2.33.